The Bertz CT molecular complexity index is 1250. The second kappa shape index (κ2) is 6.75. The number of rotatable bonds is 1. The molecule has 0 spiro atoms. The third kappa shape index (κ3) is 2.72. The number of aryl methyl sites for hydroxylation is 1. The van der Waals surface area contributed by atoms with E-state index in [0.29, 0.717) is 65.9 Å². The molecule has 0 radical (unpaired) electrons. The summed E-state index contributed by atoms with van der Waals surface area (Å²) in [5, 5.41) is 0. The van der Waals surface area contributed by atoms with Gasteiger partial charge in [-0.2, -0.15) is 0 Å². The van der Waals surface area contributed by atoms with Crippen molar-refractivity contribution >= 4 is 23.0 Å². The van der Waals surface area contributed by atoms with Crippen molar-refractivity contribution in [1.82, 2.24) is 4.90 Å². The third-order valence-electron chi connectivity index (χ3n) is 6.23. The maximum atomic E-state index is 13.7. The molecule has 0 N–H and O–H groups in total. The van der Waals surface area contributed by atoms with Gasteiger partial charge in [-0.3, -0.25) is 9.59 Å². The average molecular weight is 412 g/mol. The third-order valence-corrected chi connectivity index (χ3v) is 6.23. The lowest BCUT2D eigenvalue weighted by molar-refractivity contribution is 0.0539. The molecule has 2 aromatic carbocycles. The van der Waals surface area contributed by atoms with Crippen LogP contribution < -0.4 is 4.74 Å². The van der Waals surface area contributed by atoms with E-state index in [1.165, 1.54) is 0 Å². The van der Waals surface area contributed by atoms with Gasteiger partial charge >= 0.3 is 0 Å². The Morgan fingerprint density at radius 3 is 2.61 bits per heavy atom. The van der Waals surface area contributed by atoms with Crippen LogP contribution in [0.15, 0.2) is 70.6 Å². The number of allylic oxidation sites excluding steroid dienone is 3. The average Bonchev–Trinajstić information content (AvgIpc) is 2.80. The summed E-state index contributed by atoms with van der Waals surface area (Å²) in [6.07, 6.45) is 1.88. The molecular weight excluding hydrogens is 392 g/mol. The molecule has 6 heteroatoms. The number of carbonyl (C=O) groups excluding carboxylic acids is 2. The zero-order valence-electron chi connectivity index (χ0n) is 17.1. The predicted octanol–water partition coefficient (Wildman–Crippen LogP) is 3.64. The standard InChI is InChI=1S/C25H20N2O4/c1-14-6-7-17-19(12-14)31-20-13-18(27-8-10-30-11-9-27)21-22(23(20)26-17)25(29)16-5-3-2-4-15(16)24(21)28/h2-7,12-13,22H,8-11H2,1H3. The summed E-state index contributed by atoms with van der Waals surface area (Å²) in [6, 6.07) is 12.8. The van der Waals surface area contributed by atoms with Crippen molar-refractivity contribution < 1.29 is 19.1 Å². The van der Waals surface area contributed by atoms with Crippen LogP contribution in [0.4, 0.5) is 5.69 Å². The molecule has 0 bridgehead atoms. The van der Waals surface area contributed by atoms with Gasteiger partial charge in [-0.25, -0.2) is 4.99 Å². The van der Waals surface area contributed by atoms with Crippen molar-refractivity contribution in [3.63, 3.8) is 0 Å². The van der Waals surface area contributed by atoms with Crippen LogP contribution in [-0.2, 0) is 4.74 Å². The van der Waals surface area contributed by atoms with Crippen molar-refractivity contribution in [3.05, 3.63) is 82.3 Å². The maximum Gasteiger partial charge on any atom is 0.192 e. The van der Waals surface area contributed by atoms with Gasteiger partial charge < -0.3 is 14.4 Å². The first-order valence-corrected chi connectivity index (χ1v) is 10.5. The van der Waals surface area contributed by atoms with E-state index in [2.05, 4.69) is 4.90 Å². The molecular formula is C25H20N2O4. The number of hydrogen-bond acceptors (Lipinski definition) is 6. The fraction of sp³-hybridized carbons (Fsp3) is 0.240. The molecule has 31 heavy (non-hydrogen) atoms. The SMILES string of the molecule is Cc1ccc2c(c1)OC1=CC(N3CCOCC3)=C3C(=O)c4ccccc4C(=O)C3C1=N2. The maximum absolute atomic E-state index is 13.7. The lowest BCUT2D eigenvalue weighted by Gasteiger charge is -2.38. The lowest BCUT2D eigenvalue weighted by Crippen LogP contribution is -2.44. The van der Waals surface area contributed by atoms with E-state index in [0.717, 1.165) is 11.3 Å². The predicted molar refractivity (Wildman–Crippen MR) is 115 cm³/mol. The normalized spacial score (nSPS) is 22.0. The Morgan fingerprint density at radius 2 is 1.81 bits per heavy atom. The molecule has 0 saturated carbocycles. The molecule has 2 heterocycles. The monoisotopic (exact) mass is 412 g/mol. The first-order chi connectivity index (χ1) is 15.1. The van der Waals surface area contributed by atoms with E-state index >= 15 is 0 Å². The first kappa shape index (κ1) is 18.3. The molecule has 2 aliphatic heterocycles. The molecule has 1 fully saturated rings. The number of ketones is 2. The highest BCUT2D eigenvalue weighted by atomic mass is 16.5. The molecule has 2 aromatic rings. The van der Waals surface area contributed by atoms with Crippen molar-refractivity contribution in [1.29, 1.82) is 0 Å². The highest BCUT2D eigenvalue weighted by Gasteiger charge is 2.47. The zero-order chi connectivity index (χ0) is 21.1. The molecule has 6 nitrogen and oxygen atoms in total. The van der Waals surface area contributed by atoms with Crippen LogP contribution in [0.3, 0.4) is 0 Å². The van der Waals surface area contributed by atoms with Crippen LogP contribution in [-0.4, -0.2) is 48.5 Å². The van der Waals surface area contributed by atoms with E-state index in [4.69, 9.17) is 14.5 Å². The molecule has 2 aliphatic carbocycles. The highest BCUT2D eigenvalue weighted by molar-refractivity contribution is 6.33. The van der Waals surface area contributed by atoms with Crippen LogP contribution in [0.2, 0.25) is 0 Å². The van der Waals surface area contributed by atoms with E-state index in [1.54, 1.807) is 24.3 Å². The molecule has 0 aromatic heterocycles. The van der Waals surface area contributed by atoms with Gasteiger partial charge in [0.1, 0.15) is 5.69 Å². The minimum Gasteiger partial charge on any atom is -0.453 e. The summed E-state index contributed by atoms with van der Waals surface area (Å²) in [7, 11) is 0. The second-order valence-electron chi connectivity index (χ2n) is 8.15. The van der Waals surface area contributed by atoms with Crippen LogP contribution in [0.5, 0.6) is 5.75 Å². The number of nitrogens with zero attached hydrogens (tertiary/aromatic N) is 2. The summed E-state index contributed by atoms with van der Waals surface area (Å²) < 4.78 is 11.7. The quantitative estimate of drug-likeness (QED) is 0.715. The molecule has 0 amide bonds. The van der Waals surface area contributed by atoms with Crippen LogP contribution in [0, 0.1) is 12.8 Å². The number of ether oxygens (including phenoxy) is 2. The molecule has 154 valence electrons. The highest BCUT2D eigenvalue weighted by Crippen LogP contribution is 2.44. The van der Waals surface area contributed by atoms with Gasteiger partial charge in [0.05, 0.1) is 24.8 Å². The molecule has 4 aliphatic rings. The topological polar surface area (TPSA) is 68.2 Å². The van der Waals surface area contributed by atoms with Crippen molar-refractivity contribution in [3.8, 4) is 5.75 Å². The molecule has 6 rings (SSSR count). The number of Topliss-reactive ketones (excluding diaryl/α,β-unsaturated/α-hetero) is 2. The number of aliphatic imine (C=N–C) groups is 1. The van der Waals surface area contributed by atoms with Gasteiger partial charge in [0.15, 0.2) is 23.1 Å². The van der Waals surface area contributed by atoms with Crippen molar-refractivity contribution in [2.75, 3.05) is 26.3 Å². The van der Waals surface area contributed by atoms with Gasteiger partial charge in [-0.1, -0.05) is 30.3 Å². The van der Waals surface area contributed by atoms with E-state index in [-0.39, 0.29) is 11.6 Å². The Hall–Kier alpha value is -3.51. The Labute approximate surface area is 179 Å². The Balaban J connectivity index is 1.59. The minimum atomic E-state index is -0.769. The minimum absolute atomic E-state index is 0.112. The summed E-state index contributed by atoms with van der Waals surface area (Å²) in [4.78, 5) is 34.2. The smallest absolute Gasteiger partial charge is 0.192 e. The fourth-order valence-corrected chi connectivity index (χ4v) is 4.71. The van der Waals surface area contributed by atoms with Gasteiger partial charge in [0, 0.05) is 41.6 Å². The van der Waals surface area contributed by atoms with E-state index in [1.807, 2.05) is 31.2 Å². The molecule has 1 unspecified atom stereocenters. The Kier molecular flexibility index (Phi) is 3.98. The van der Waals surface area contributed by atoms with Crippen LogP contribution >= 0.6 is 0 Å². The van der Waals surface area contributed by atoms with E-state index < -0.39 is 5.92 Å². The fourth-order valence-electron chi connectivity index (χ4n) is 4.71. The molecule has 1 atom stereocenters. The number of hydrogen-bond donors (Lipinski definition) is 0. The number of fused-ring (bicyclic) bond motifs is 5. The van der Waals surface area contributed by atoms with Gasteiger partial charge in [0.25, 0.3) is 0 Å². The van der Waals surface area contributed by atoms with E-state index in [9.17, 15) is 9.59 Å². The van der Waals surface area contributed by atoms with Crippen LogP contribution in [0.25, 0.3) is 0 Å². The largest absolute Gasteiger partial charge is 0.453 e. The van der Waals surface area contributed by atoms with Crippen molar-refractivity contribution in [2.45, 2.75) is 6.92 Å². The lowest BCUT2D eigenvalue weighted by atomic mass is 9.72. The van der Waals surface area contributed by atoms with Gasteiger partial charge in [0.2, 0.25) is 0 Å². The summed E-state index contributed by atoms with van der Waals surface area (Å²) >= 11 is 0. The van der Waals surface area contributed by atoms with Gasteiger partial charge in [-0.05, 0) is 24.6 Å². The zero-order valence-corrected chi connectivity index (χ0v) is 17.1. The number of carbonyl (C=O) groups is 2. The second-order valence-corrected chi connectivity index (χ2v) is 8.15. The first-order valence-electron chi connectivity index (χ1n) is 10.5. The summed E-state index contributed by atoms with van der Waals surface area (Å²) in [6.45, 7) is 4.46. The van der Waals surface area contributed by atoms with Crippen LogP contribution in [0.1, 0.15) is 26.3 Å². The number of benzene rings is 2. The Morgan fingerprint density at radius 1 is 1.03 bits per heavy atom. The number of morpholine rings is 1. The molecule has 1 saturated heterocycles. The van der Waals surface area contributed by atoms with Crippen molar-refractivity contribution in [2.24, 2.45) is 10.9 Å². The summed E-state index contributed by atoms with van der Waals surface area (Å²) in [5.41, 5.74) is 4.38. The van der Waals surface area contributed by atoms with Gasteiger partial charge in [-0.15, -0.1) is 0 Å². The summed E-state index contributed by atoms with van der Waals surface area (Å²) in [5.74, 6) is 0.201.